The van der Waals surface area contributed by atoms with Gasteiger partial charge in [0, 0.05) is 31.4 Å². The van der Waals surface area contributed by atoms with Crippen molar-refractivity contribution in [2.75, 3.05) is 31.1 Å². The van der Waals surface area contributed by atoms with Crippen LogP contribution in [0.4, 0.5) is 5.69 Å². The standard InChI is InChI=1S/C16H24N2/c1-2-17-12-9-15(10-13-17)18-11-5-7-14-6-3-4-8-16(14)18/h3-4,6,8,15H,2,5,7,9-13H2,1H3. The molecule has 0 unspecified atom stereocenters. The largest absolute Gasteiger partial charge is 0.368 e. The van der Waals surface area contributed by atoms with E-state index in [2.05, 4.69) is 41.0 Å². The molecule has 0 saturated carbocycles. The van der Waals surface area contributed by atoms with E-state index in [0.717, 1.165) is 6.04 Å². The van der Waals surface area contributed by atoms with Gasteiger partial charge in [-0.25, -0.2) is 0 Å². The Morgan fingerprint density at radius 1 is 1.11 bits per heavy atom. The number of piperidine rings is 1. The molecule has 0 bridgehead atoms. The van der Waals surface area contributed by atoms with Crippen LogP contribution in [0.5, 0.6) is 0 Å². The number of likely N-dealkylation sites (tertiary alicyclic amines) is 1. The number of fused-ring (bicyclic) bond motifs is 1. The average Bonchev–Trinajstić information content (AvgIpc) is 2.47. The molecule has 1 aromatic carbocycles. The maximum absolute atomic E-state index is 2.69. The Balaban J connectivity index is 1.74. The van der Waals surface area contributed by atoms with Crippen LogP contribution < -0.4 is 4.90 Å². The Morgan fingerprint density at radius 3 is 2.67 bits per heavy atom. The molecule has 1 saturated heterocycles. The van der Waals surface area contributed by atoms with Crippen LogP contribution in [0.1, 0.15) is 31.7 Å². The number of rotatable bonds is 2. The van der Waals surface area contributed by atoms with E-state index in [9.17, 15) is 0 Å². The summed E-state index contributed by atoms with van der Waals surface area (Å²) < 4.78 is 0. The zero-order chi connectivity index (χ0) is 12.4. The highest BCUT2D eigenvalue weighted by molar-refractivity contribution is 5.56. The van der Waals surface area contributed by atoms with E-state index in [1.54, 1.807) is 5.56 Å². The molecule has 0 atom stereocenters. The van der Waals surface area contributed by atoms with Gasteiger partial charge in [0.1, 0.15) is 0 Å². The lowest BCUT2D eigenvalue weighted by Gasteiger charge is -2.42. The van der Waals surface area contributed by atoms with Gasteiger partial charge in [-0.2, -0.15) is 0 Å². The molecule has 2 heteroatoms. The average molecular weight is 244 g/mol. The van der Waals surface area contributed by atoms with E-state index in [1.165, 1.54) is 57.5 Å². The Labute approximate surface area is 111 Å². The van der Waals surface area contributed by atoms with E-state index < -0.39 is 0 Å². The van der Waals surface area contributed by atoms with Gasteiger partial charge in [0.05, 0.1) is 0 Å². The van der Waals surface area contributed by atoms with Crippen molar-refractivity contribution in [1.29, 1.82) is 0 Å². The number of hydrogen-bond donors (Lipinski definition) is 0. The number of nitrogens with zero attached hydrogens (tertiary/aromatic N) is 2. The first-order valence-electron chi connectivity index (χ1n) is 7.45. The van der Waals surface area contributed by atoms with Crippen LogP contribution in [0.2, 0.25) is 0 Å². The van der Waals surface area contributed by atoms with Crippen molar-refractivity contribution in [3.05, 3.63) is 29.8 Å². The highest BCUT2D eigenvalue weighted by Crippen LogP contribution is 2.31. The molecule has 1 aromatic rings. The fourth-order valence-corrected chi connectivity index (χ4v) is 3.49. The van der Waals surface area contributed by atoms with Gasteiger partial charge >= 0.3 is 0 Å². The van der Waals surface area contributed by atoms with Gasteiger partial charge in [-0.1, -0.05) is 25.1 Å². The first-order chi connectivity index (χ1) is 8.88. The zero-order valence-electron chi connectivity index (χ0n) is 11.4. The second-order valence-corrected chi connectivity index (χ2v) is 5.59. The van der Waals surface area contributed by atoms with Crippen molar-refractivity contribution in [2.24, 2.45) is 0 Å². The van der Waals surface area contributed by atoms with Gasteiger partial charge in [0.2, 0.25) is 0 Å². The Morgan fingerprint density at radius 2 is 1.89 bits per heavy atom. The van der Waals surface area contributed by atoms with Gasteiger partial charge in [0.15, 0.2) is 0 Å². The van der Waals surface area contributed by atoms with Gasteiger partial charge in [0.25, 0.3) is 0 Å². The molecule has 0 aliphatic carbocycles. The minimum Gasteiger partial charge on any atom is -0.368 e. The van der Waals surface area contributed by atoms with Crippen molar-refractivity contribution < 1.29 is 0 Å². The van der Waals surface area contributed by atoms with Crippen LogP contribution in [0.25, 0.3) is 0 Å². The molecule has 2 heterocycles. The summed E-state index contributed by atoms with van der Waals surface area (Å²) in [5, 5.41) is 0. The third kappa shape index (κ3) is 2.26. The first-order valence-corrected chi connectivity index (χ1v) is 7.45. The predicted molar refractivity (Wildman–Crippen MR) is 77.2 cm³/mol. The fraction of sp³-hybridized carbons (Fsp3) is 0.625. The molecular weight excluding hydrogens is 220 g/mol. The van der Waals surface area contributed by atoms with Crippen LogP contribution in [0.15, 0.2) is 24.3 Å². The van der Waals surface area contributed by atoms with Crippen LogP contribution in [-0.2, 0) is 6.42 Å². The highest BCUT2D eigenvalue weighted by Gasteiger charge is 2.26. The smallest absolute Gasteiger partial charge is 0.0401 e. The van der Waals surface area contributed by atoms with Crippen molar-refractivity contribution >= 4 is 5.69 Å². The normalized spacial score (nSPS) is 21.9. The molecule has 98 valence electrons. The molecule has 2 aliphatic rings. The van der Waals surface area contributed by atoms with Crippen molar-refractivity contribution in [2.45, 2.75) is 38.6 Å². The molecule has 2 nitrogen and oxygen atoms in total. The third-order valence-electron chi connectivity index (χ3n) is 4.59. The molecule has 0 radical (unpaired) electrons. The molecule has 0 N–H and O–H groups in total. The highest BCUT2D eigenvalue weighted by atomic mass is 15.2. The Kier molecular flexibility index (Phi) is 3.55. The molecule has 18 heavy (non-hydrogen) atoms. The topological polar surface area (TPSA) is 6.48 Å². The maximum atomic E-state index is 2.69. The minimum atomic E-state index is 0.772. The number of aryl methyl sites for hydroxylation is 1. The second kappa shape index (κ2) is 5.31. The quantitative estimate of drug-likeness (QED) is 0.789. The van der Waals surface area contributed by atoms with Crippen LogP contribution in [0, 0.1) is 0 Å². The Bertz CT molecular complexity index is 394. The third-order valence-corrected chi connectivity index (χ3v) is 4.59. The number of benzene rings is 1. The lowest BCUT2D eigenvalue weighted by molar-refractivity contribution is 0.217. The van der Waals surface area contributed by atoms with Crippen LogP contribution in [0.3, 0.4) is 0 Å². The lowest BCUT2D eigenvalue weighted by atomic mass is 9.96. The Hall–Kier alpha value is -1.02. The van der Waals surface area contributed by atoms with Crippen LogP contribution in [-0.4, -0.2) is 37.1 Å². The molecule has 3 rings (SSSR count). The van der Waals surface area contributed by atoms with Crippen LogP contribution >= 0.6 is 0 Å². The van der Waals surface area contributed by atoms with E-state index in [1.807, 2.05) is 0 Å². The van der Waals surface area contributed by atoms with E-state index in [0.29, 0.717) is 0 Å². The maximum Gasteiger partial charge on any atom is 0.0401 e. The van der Waals surface area contributed by atoms with Gasteiger partial charge in [-0.05, 0) is 43.9 Å². The summed E-state index contributed by atoms with van der Waals surface area (Å²) in [6.45, 7) is 7.30. The summed E-state index contributed by atoms with van der Waals surface area (Å²) in [6, 6.07) is 9.78. The number of anilines is 1. The molecule has 0 aromatic heterocycles. The minimum absolute atomic E-state index is 0.772. The summed E-state index contributed by atoms with van der Waals surface area (Å²) in [5.74, 6) is 0. The van der Waals surface area contributed by atoms with E-state index in [-0.39, 0.29) is 0 Å². The van der Waals surface area contributed by atoms with Gasteiger partial charge in [-0.15, -0.1) is 0 Å². The molecule has 0 amide bonds. The summed E-state index contributed by atoms with van der Waals surface area (Å²) >= 11 is 0. The molecule has 1 fully saturated rings. The number of para-hydroxylation sites is 1. The predicted octanol–water partition coefficient (Wildman–Crippen LogP) is 2.92. The van der Waals surface area contributed by atoms with Crippen molar-refractivity contribution in [3.63, 3.8) is 0 Å². The molecule has 2 aliphatic heterocycles. The van der Waals surface area contributed by atoms with Gasteiger partial charge < -0.3 is 9.80 Å². The van der Waals surface area contributed by atoms with Gasteiger partial charge in [-0.3, -0.25) is 0 Å². The summed E-state index contributed by atoms with van der Waals surface area (Å²) in [5.41, 5.74) is 3.07. The monoisotopic (exact) mass is 244 g/mol. The van der Waals surface area contributed by atoms with Crippen molar-refractivity contribution in [3.8, 4) is 0 Å². The second-order valence-electron chi connectivity index (χ2n) is 5.59. The zero-order valence-corrected chi connectivity index (χ0v) is 11.4. The van der Waals surface area contributed by atoms with E-state index in [4.69, 9.17) is 0 Å². The SMILES string of the molecule is CCN1CCC(N2CCCc3ccccc32)CC1. The molecular formula is C16H24N2. The number of hydrogen-bond acceptors (Lipinski definition) is 2. The van der Waals surface area contributed by atoms with E-state index >= 15 is 0 Å². The van der Waals surface area contributed by atoms with Crippen molar-refractivity contribution in [1.82, 2.24) is 4.90 Å². The summed E-state index contributed by atoms with van der Waals surface area (Å²) in [7, 11) is 0. The first kappa shape index (κ1) is 12.0. The summed E-state index contributed by atoms with van der Waals surface area (Å²) in [6.07, 6.45) is 5.26. The molecule has 0 spiro atoms. The fourth-order valence-electron chi connectivity index (χ4n) is 3.49. The lowest BCUT2D eigenvalue weighted by Crippen LogP contribution is -2.46. The summed E-state index contributed by atoms with van der Waals surface area (Å²) in [4.78, 5) is 5.26.